The van der Waals surface area contributed by atoms with Gasteiger partial charge in [-0.2, -0.15) is 4.68 Å². The Morgan fingerprint density at radius 3 is 2.36 bits per heavy atom. The van der Waals surface area contributed by atoms with E-state index >= 15 is 0 Å². The fraction of sp³-hybridized carbons (Fsp3) is 0.281. The van der Waals surface area contributed by atoms with Crippen LogP contribution < -0.4 is 10.6 Å². The Hall–Kier alpha value is -3.88. The largest absolute Gasteiger partial charge is 0.353 e. The van der Waals surface area contributed by atoms with Gasteiger partial charge in [-0.1, -0.05) is 91.8 Å². The average molecular weight is 652 g/mol. The van der Waals surface area contributed by atoms with E-state index in [1.54, 1.807) is 44.2 Å². The van der Waals surface area contributed by atoms with Crippen LogP contribution in [0, 0.1) is 11.8 Å². The number of nitrogens with one attached hydrogen (secondary N) is 2. The van der Waals surface area contributed by atoms with Crippen molar-refractivity contribution in [3.05, 3.63) is 87.9 Å². The van der Waals surface area contributed by atoms with Crippen LogP contribution in [-0.4, -0.2) is 50.0 Å². The fourth-order valence-corrected chi connectivity index (χ4v) is 4.97. The summed E-state index contributed by atoms with van der Waals surface area (Å²) in [6.07, 6.45) is 0. The molecule has 228 valence electrons. The van der Waals surface area contributed by atoms with Gasteiger partial charge in [0.1, 0.15) is 12.2 Å². The van der Waals surface area contributed by atoms with Gasteiger partial charge < -0.3 is 15.4 Å². The standard InChI is InChI=1S/C32H32Cl2N6O3S/c1-31(2,3)22-12-14-27(25(34)18-22)40-30(37-38-39-40)44-20-29(42)36-26-13-11-21(17-24(26)33)15-16-32(4,5)43-19-28(41)35-23-9-7-6-8-10-23/h6-14,17-18H,19-20H2,1-5H3,(H,35,41)(H,36,42). The maximum Gasteiger partial charge on any atom is 0.250 e. The Kier molecular flexibility index (Phi) is 10.7. The number of halogens is 2. The Bertz CT molecular complexity index is 1710. The first-order chi connectivity index (χ1) is 20.8. The fourth-order valence-electron chi connectivity index (χ4n) is 3.80. The van der Waals surface area contributed by atoms with E-state index in [4.69, 9.17) is 27.9 Å². The quantitative estimate of drug-likeness (QED) is 0.152. The zero-order chi connectivity index (χ0) is 31.9. The first-order valence-corrected chi connectivity index (χ1v) is 15.4. The normalized spacial score (nSPS) is 11.4. The molecule has 0 saturated carbocycles. The number of amides is 2. The Labute approximate surface area is 271 Å². The van der Waals surface area contributed by atoms with Crippen LogP contribution in [0.2, 0.25) is 10.0 Å². The number of anilines is 2. The number of carbonyl (C=O) groups is 2. The Morgan fingerprint density at radius 1 is 0.932 bits per heavy atom. The van der Waals surface area contributed by atoms with E-state index in [1.165, 1.54) is 16.4 Å². The minimum atomic E-state index is -0.890. The number of benzene rings is 3. The number of hydrogen-bond donors (Lipinski definition) is 2. The van der Waals surface area contributed by atoms with Crippen LogP contribution >= 0.6 is 35.0 Å². The number of nitrogens with zero attached hydrogens (tertiary/aromatic N) is 4. The summed E-state index contributed by atoms with van der Waals surface area (Å²) in [5.74, 6) is 5.51. The average Bonchev–Trinajstić information content (AvgIpc) is 3.44. The summed E-state index contributed by atoms with van der Waals surface area (Å²) in [4.78, 5) is 24.9. The molecule has 0 radical (unpaired) electrons. The number of aromatic nitrogens is 4. The number of tetrazole rings is 1. The van der Waals surface area contributed by atoms with Crippen molar-refractivity contribution in [3.8, 4) is 17.5 Å². The topological polar surface area (TPSA) is 111 Å². The summed E-state index contributed by atoms with van der Waals surface area (Å²) in [5.41, 5.74) is 2.52. The number of carbonyl (C=O) groups excluding carboxylic acids is 2. The lowest BCUT2D eigenvalue weighted by Gasteiger charge is -2.20. The lowest BCUT2D eigenvalue weighted by Crippen LogP contribution is -2.28. The number of rotatable bonds is 9. The first kappa shape index (κ1) is 33.0. The molecule has 0 fully saturated rings. The molecule has 0 unspecified atom stereocenters. The second kappa shape index (κ2) is 14.3. The molecule has 1 heterocycles. The molecule has 2 N–H and O–H groups in total. The highest BCUT2D eigenvalue weighted by Gasteiger charge is 2.19. The molecular formula is C32H32Cl2N6O3S. The minimum Gasteiger partial charge on any atom is -0.353 e. The van der Waals surface area contributed by atoms with E-state index in [2.05, 4.69) is 58.8 Å². The molecule has 12 heteroatoms. The van der Waals surface area contributed by atoms with Crippen molar-refractivity contribution in [1.29, 1.82) is 0 Å². The summed E-state index contributed by atoms with van der Waals surface area (Å²) in [6.45, 7) is 9.72. The van der Waals surface area contributed by atoms with Crippen molar-refractivity contribution < 1.29 is 14.3 Å². The van der Waals surface area contributed by atoms with Crippen LogP contribution in [0.1, 0.15) is 45.7 Å². The molecule has 0 spiro atoms. The van der Waals surface area contributed by atoms with Gasteiger partial charge in [-0.05, 0) is 77.7 Å². The van der Waals surface area contributed by atoms with Crippen molar-refractivity contribution in [2.45, 2.75) is 50.8 Å². The van der Waals surface area contributed by atoms with Gasteiger partial charge in [0.2, 0.25) is 17.0 Å². The second-order valence-corrected chi connectivity index (χ2v) is 13.0. The number of hydrogen-bond acceptors (Lipinski definition) is 7. The van der Waals surface area contributed by atoms with Crippen LogP contribution in [0.5, 0.6) is 0 Å². The molecule has 2 amide bonds. The number of para-hydroxylation sites is 1. The van der Waals surface area contributed by atoms with Gasteiger partial charge in [-0.3, -0.25) is 9.59 Å². The molecule has 4 aromatic rings. The molecular weight excluding hydrogens is 619 g/mol. The van der Waals surface area contributed by atoms with Gasteiger partial charge in [0.05, 0.1) is 27.2 Å². The summed E-state index contributed by atoms with van der Waals surface area (Å²) in [7, 11) is 0. The first-order valence-electron chi connectivity index (χ1n) is 13.6. The number of thioether (sulfide) groups is 1. The zero-order valence-electron chi connectivity index (χ0n) is 24.9. The Balaban J connectivity index is 1.31. The number of ether oxygens (including phenoxy) is 1. The summed E-state index contributed by atoms with van der Waals surface area (Å²) in [5, 5.41) is 18.7. The lowest BCUT2D eigenvalue weighted by molar-refractivity contribution is -0.123. The summed E-state index contributed by atoms with van der Waals surface area (Å²) >= 11 is 14.2. The minimum absolute atomic E-state index is 0.0410. The summed E-state index contributed by atoms with van der Waals surface area (Å²) in [6, 6.07) is 20.0. The smallest absolute Gasteiger partial charge is 0.250 e. The van der Waals surface area contributed by atoms with Crippen molar-refractivity contribution in [3.63, 3.8) is 0 Å². The van der Waals surface area contributed by atoms with E-state index < -0.39 is 5.60 Å². The van der Waals surface area contributed by atoms with E-state index in [1.807, 2.05) is 36.4 Å². The zero-order valence-corrected chi connectivity index (χ0v) is 27.3. The van der Waals surface area contributed by atoms with Crippen molar-refractivity contribution in [2.75, 3.05) is 23.0 Å². The monoisotopic (exact) mass is 650 g/mol. The lowest BCUT2D eigenvalue weighted by atomic mass is 9.87. The van der Waals surface area contributed by atoms with Crippen molar-refractivity contribution in [1.82, 2.24) is 20.2 Å². The van der Waals surface area contributed by atoms with Crippen LogP contribution in [0.3, 0.4) is 0 Å². The molecule has 1 aromatic heterocycles. The Morgan fingerprint density at radius 2 is 1.68 bits per heavy atom. The van der Waals surface area contributed by atoms with Gasteiger partial charge in [-0.15, -0.1) is 5.10 Å². The molecule has 0 bridgehead atoms. The summed E-state index contributed by atoms with van der Waals surface area (Å²) < 4.78 is 7.22. The van der Waals surface area contributed by atoms with E-state index in [0.29, 0.717) is 37.8 Å². The predicted molar refractivity (Wildman–Crippen MR) is 176 cm³/mol. The van der Waals surface area contributed by atoms with Crippen LogP contribution in [0.4, 0.5) is 11.4 Å². The van der Waals surface area contributed by atoms with Crippen molar-refractivity contribution >= 4 is 58.2 Å². The molecule has 0 aliphatic heterocycles. The third-order valence-corrected chi connectivity index (χ3v) is 7.72. The van der Waals surface area contributed by atoms with E-state index in [9.17, 15) is 9.59 Å². The van der Waals surface area contributed by atoms with Crippen LogP contribution in [0.25, 0.3) is 5.69 Å². The van der Waals surface area contributed by atoms with Crippen LogP contribution in [0.15, 0.2) is 71.9 Å². The third kappa shape index (κ3) is 9.31. The molecule has 9 nitrogen and oxygen atoms in total. The second-order valence-electron chi connectivity index (χ2n) is 11.3. The molecule has 4 rings (SSSR count). The van der Waals surface area contributed by atoms with Gasteiger partial charge in [0.15, 0.2) is 0 Å². The van der Waals surface area contributed by atoms with E-state index in [0.717, 1.165) is 5.56 Å². The SMILES string of the molecule is CC(C)(C#Cc1ccc(NC(=O)CSc2nnnn2-c2ccc(C(C)(C)C)cc2Cl)c(Cl)c1)OCC(=O)Nc1ccccc1. The van der Waals surface area contributed by atoms with E-state index in [-0.39, 0.29) is 29.6 Å². The third-order valence-electron chi connectivity index (χ3n) is 6.19. The molecule has 0 saturated heterocycles. The molecule has 0 aliphatic rings. The molecule has 44 heavy (non-hydrogen) atoms. The van der Waals surface area contributed by atoms with Gasteiger partial charge in [0, 0.05) is 11.3 Å². The van der Waals surface area contributed by atoms with Gasteiger partial charge >= 0.3 is 0 Å². The highest BCUT2D eigenvalue weighted by atomic mass is 35.5. The maximum atomic E-state index is 12.7. The highest BCUT2D eigenvalue weighted by Crippen LogP contribution is 2.30. The molecule has 0 atom stereocenters. The van der Waals surface area contributed by atoms with Gasteiger partial charge in [-0.25, -0.2) is 0 Å². The maximum absolute atomic E-state index is 12.7. The van der Waals surface area contributed by atoms with Gasteiger partial charge in [0.25, 0.3) is 0 Å². The highest BCUT2D eigenvalue weighted by molar-refractivity contribution is 7.99. The van der Waals surface area contributed by atoms with Crippen LogP contribution in [-0.2, 0) is 19.7 Å². The molecule has 3 aromatic carbocycles. The van der Waals surface area contributed by atoms with Crippen molar-refractivity contribution in [2.24, 2.45) is 0 Å². The molecule has 0 aliphatic carbocycles. The predicted octanol–water partition coefficient (Wildman–Crippen LogP) is 6.78.